The number of allylic oxidation sites excluding steroid dienone is 1. The standard InChI is InChI=1S/C14H16N2/c15-10-12-5-4-6-13(9-12)11-16-14-7-2-1-3-8-14/h1-2,4-6,9,14,16H,3,7-8,11H2. The van der Waals surface area contributed by atoms with Gasteiger partial charge in [-0.3, -0.25) is 0 Å². The van der Waals surface area contributed by atoms with Crippen molar-refractivity contribution in [3.8, 4) is 6.07 Å². The van der Waals surface area contributed by atoms with Crippen LogP contribution in [0.3, 0.4) is 0 Å². The van der Waals surface area contributed by atoms with E-state index in [1.165, 1.54) is 18.4 Å². The van der Waals surface area contributed by atoms with Crippen molar-refractivity contribution in [2.24, 2.45) is 0 Å². The minimum absolute atomic E-state index is 0.593. The van der Waals surface area contributed by atoms with Crippen LogP contribution in [0.2, 0.25) is 0 Å². The van der Waals surface area contributed by atoms with Gasteiger partial charge in [0, 0.05) is 12.6 Å². The van der Waals surface area contributed by atoms with Crippen LogP contribution in [0.4, 0.5) is 0 Å². The zero-order chi connectivity index (χ0) is 11.2. The van der Waals surface area contributed by atoms with Crippen LogP contribution in [0.1, 0.15) is 30.4 Å². The molecule has 0 aromatic heterocycles. The first-order chi connectivity index (χ1) is 7.88. The summed E-state index contributed by atoms with van der Waals surface area (Å²) in [5.74, 6) is 0. The highest BCUT2D eigenvalue weighted by Gasteiger charge is 2.08. The second-order valence-corrected chi connectivity index (χ2v) is 4.17. The van der Waals surface area contributed by atoms with Crippen molar-refractivity contribution in [1.29, 1.82) is 5.26 Å². The Morgan fingerprint density at radius 2 is 2.31 bits per heavy atom. The molecular weight excluding hydrogens is 196 g/mol. The molecule has 1 aromatic carbocycles. The zero-order valence-corrected chi connectivity index (χ0v) is 9.32. The molecule has 1 aromatic rings. The maximum Gasteiger partial charge on any atom is 0.0991 e. The highest BCUT2D eigenvalue weighted by atomic mass is 14.9. The Bertz CT molecular complexity index is 415. The van der Waals surface area contributed by atoms with Gasteiger partial charge in [-0.25, -0.2) is 0 Å². The van der Waals surface area contributed by atoms with Gasteiger partial charge in [-0.15, -0.1) is 0 Å². The second-order valence-electron chi connectivity index (χ2n) is 4.17. The van der Waals surface area contributed by atoms with Gasteiger partial charge in [0.15, 0.2) is 0 Å². The fourth-order valence-electron chi connectivity index (χ4n) is 1.99. The van der Waals surface area contributed by atoms with Crippen LogP contribution in [0.5, 0.6) is 0 Å². The molecule has 0 saturated heterocycles. The van der Waals surface area contributed by atoms with Crippen molar-refractivity contribution in [3.05, 3.63) is 47.5 Å². The average molecular weight is 212 g/mol. The summed E-state index contributed by atoms with van der Waals surface area (Å²) < 4.78 is 0. The summed E-state index contributed by atoms with van der Waals surface area (Å²) in [6, 6.07) is 10.6. The molecule has 0 saturated carbocycles. The van der Waals surface area contributed by atoms with Gasteiger partial charge in [0.1, 0.15) is 0 Å². The van der Waals surface area contributed by atoms with E-state index >= 15 is 0 Å². The van der Waals surface area contributed by atoms with Crippen LogP contribution < -0.4 is 5.32 Å². The molecule has 0 heterocycles. The Kier molecular flexibility index (Phi) is 3.74. The number of nitrogens with one attached hydrogen (secondary N) is 1. The summed E-state index contributed by atoms with van der Waals surface area (Å²) in [5.41, 5.74) is 1.93. The van der Waals surface area contributed by atoms with Crippen molar-refractivity contribution in [1.82, 2.24) is 5.32 Å². The lowest BCUT2D eigenvalue weighted by molar-refractivity contribution is 0.474. The van der Waals surface area contributed by atoms with Crippen molar-refractivity contribution in [2.75, 3.05) is 0 Å². The molecule has 2 rings (SSSR count). The predicted octanol–water partition coefficient (Wildman–Crippen LogP) is 2.76. The third kappa shape index (κ3) is 2.95. The third-order valence-corrected chi connectivity index (χ3v) is 2.92. The van der Waals surface area contributed by atoms with Gasteiger partial charge < -0.3 is 5.32 Å². The van der Waals surface area contributed by atoms with Crippen molar-refractivity contribution >= 4 is 0 Å². The molecule has 0 bridgehead atoms. The summed E-state index contributed by atoms with van der Waals surface area (Å²) in [6.07, 6.45) is 8.00. The lowest BCUT2D eigenvalue weighted by Crippen LogP contribution is -2.29. The summed E-state index contributed by atoms with van der Waals surface area (Å²) >= 11 is 0. The molecule has 1 atom stereocenters. The van der Waals surface area contributed by atoms with Crippen LogP contribution in [0.15, 0.2) is 36.4 Å². The van der Waals surface area contributed by atoms with Gasteiger partial charge in [-0.1, -0.05) is 24.3 Å². The number of hydrogen-bond donors (Lipinski definition) is 1. The number of nitriles is 1. The maximum absolute atomic E-state index is 8.80. The smallest absolute Gasteiger partial charge is 0.0991 e. The van der Waals surface area contributed by atoms with Crippen LogP contribution in [-0.4, -0.2) is 6.04 Å². The van der Waals surface area contributed by atoms with Gasteiger partial charge in [0.25, 0.3) is 0 Å². The van der Waals surface area contributed by atoms with Gasteiger partial charge in [-0.2, -0.15) is 5.26 Å². The monoisotopic (exact) mass is 212 g/mol. The quantitative estimate of drug-likeness (QED) is 0.782. The van der Waals surface area contributed by atoms with E-state index in [0.717, 1.165) is 18.5 Å². The first kappa shape index (κ1) is 10.9. The maximum atomic E-state index is 8.80. The van der Waals surface area contributed by atoms with Crippen molar-refractivity contribution < 1.29 is 0 Å². The summed E-state index contributed by atoms with van der Waals surface area (Å²) in [4.78, 5) is 0. The van der Waals surface area contributed by atoms with Crippen LogP contribution in [-0.2, 0) is 6.54 Å². The van der Waals surface area contributed by atoms with E-state index < -0.39 is 0 Å². The lowest BCUT2D eigenvalue weighted by atomic mass is 10.0. The number of nitrogens with zero attached hydrogens (tertiary/aromatic N) is 1. The lowest BCUT2D eigenvalue weighted by Gasteiger charge is -2.19. The summed E-state index contributed by atoms with van der Waals surface area (Å²) in [6.45, 7) is 0.855. The van der Waals surface area contributed by atoms with E-state index in [1.54, 1.807) is 0 Å². The Morgan fingerprint density at radius 1 is 1.38 bits per heavy atom. The number of benzene rings is 1. The zero-order valence-electron chi connectivity index (χ0n) is 9.32. The Balaban J connectivity index is 1.89. The van der Waals surface area contributed by atoms with E-state index in [9.17, 15) is 0 Å². The first-order valence-electron chi connectivity index (χ1n) is 5.76. The molecule has 1 aliphatic carbocycles. The van der Waals surface area contributed by atoms with Crippen LogP contribution >= 0.6 is 0 Å². The first-order valence-corrected chi connectivity index (χ1v) is 5.76. The Labute approximate surface area is 96.6 Å². The van der Waals surface area contributed by atoms with Crippen molar-refractivity contribution in [3.63, 3.8) is 0 Å². The van der Waals surface area contributed by atoms with Gasteiger partial charge in [0.2, 0.25) is 0 Å². The fraction of sp³-hybridized carbons (Fsp3) is 0.357. The molecule has 0 spiro atoms. The normalized spacial score (nSPS) is 19.3. The van der Waals surface area contributed by atoms with E-state index in [2.05, 4.69) is 29.6 Å². The molecule has 1 aliphatic rings. The van der Waals surface area contributed by atoms with E-state index in [0.29, 0.717) is 6.04 Å². The minimum atomic E-state index is 0.593. The molecule has 2 nitrogen and oxygen atoms in total. The SMILES string of the molecule is N#Cc1cccc(CNC2CC=CCC2)c1. The molecule has 0 fully saturated rings. The topological polar surface area (TPSA) is 35.8 Å². The molecule has 0 aliphatic heterocycles. The summed E-state index contributed by atoms with van der Waals surface area (Å²) in [7, 11) is 0. The van der Waals surface area contributed by atoms with Crippen LogP contribution in [0, 0.1) is 11.3 Å². The number of rotatable bonds is 3. The highest BCUT2D eigenvalue weighted by molar-refractivity contribution is 5.32. The molecule has 0 radical (unpaired) electrons. The molecule has 2 heteroatoms. The van der Waals surface area contributed by atoms with Gasteiger partial charge in [0.05, 0.1) is 11.6 Å². The molecule has 0 amide bonds. The average Bonchev–Trinajstić information content (AvgIpc) is 2.38. The van der Waals surface area contributed by atoms with E-state index in [-0.39, 0.29) is 0 Å². The third-order valence-electron chi connectivity index (χ3n) is 2.92. The molecule has 1 N–H and O–H groups in total. The van der Waals surface area contributed by atoms with E-state index in [4.69, 9.17) is 5.26 Å². The number of hydrogen-bond acceptors (Lipinski definition) is 2. The Hall–Kier alpha value is -1.59. The van der Waals surface area contributed by atoms with Crippen molar-refractivity contribution in [2.45, 2.75) is 31.8 Å². The van der Waals surface area contributed by atoms with Gasteiger partial charge >= 0.3 is 0 Å². The molecule has 1 unspecified atom stereocenters. The van der Waals surface area contributed by atoms with Crippen LogP contribution in [0.25, 0.3) is 0 Å². The largest absolute Gasteiger partial charge is 0.310 e. The minimum Gasteiger partial charge on any atom is -0.310 e. The predicted molar refractivity (Wildman–Crippen MR) is 64.8 cm³/mol. The fourth-order valence-corrected chi connectivity index (χ4v) is 1.99. The molecule has 16 heavy (non-hydrogen) atoms. The molecule has 82 valence electrons. The highest BCUT2D eigenvalue weighted by Crippen LogP contribution is 2.11. The summed E-state index contributed by atoms with van der Waals surface area (Å²) in [5, 5.41) is 12.3. The Morgan fingerprint density at radius 3 is 3.06 bits per heavy atom. The molecular formula is C14H16N2. The van der Waals surface area contributed by atoms with E-state index in [1.807, 2.05) is 18.2 Å². The van der Waals surface area contributed by atoms with Gasteiger partial charge in [-0.05, 0) is 37.0 Å². The second kappa shape index (κ2) is 5.48.